The Balaban J connectivity index is 2.12. The highest BCUT2D eigenvalue weighted by Gasteiger charge is 2.40. The van der Waals surface area contributed by atoms with Crippen LogP contribution in [0.4, 0.5) is 0 Å². The number of hydrogen-bond acceptors (Lipinski definition) is 4. The van der Waals surface area contributed by atoms with E-state index in [0.717, 1.165) is 12.2 Å². The average Bonchev–Trinajstić information content (AvgIpc) is 2.95. The first-order chi connectivity index (χ1) is 9.37. The van der Waals surface area contributed by atoms with Gasteiger partial charge >= 0.3 is 0 Å². The van der Waals surface area contributed by atoms with Crippen LogP contribution in [0.2, 0.25) is 0 Å². The van der Waals surface area contributed by atoms with Gasteiger partial charge in [0, 0.05) is 25.0 Å². The molecule has 3 N–H and O–H groups in total. The summed E-state index contributed by atoms with van der Waals surface area (Å²) < 4.78 is 33.1. The van der Waals surface area contributed by atoms with Crippen LogP contribution in [-0.4, -0.2) is 38.2 Å². The Morgan fingerprint density at radius 1 is 1.55 bits per heavy atom. The summed E-state index contributed by atoms with van der Waals surface area (Å²) in [4.78, 5) is 3.25. The van der Waals surface area contributed by atoms with Crippen molar-refractivity contribution in [2.75, 3.05) is 13.2 Å². The topological polar surface area (TPSA) is 83.2 Å². The van der Waals surface area contributed by atoms with Crippen molar-refractivity contribution in [1.82, 2.24) is 15.0 Å². The van der Waals surface area contributed by atoms with Crippen LogP contribution < -0.4 is 10.0 Å². The van der Waals surface area contributed by atoms with Gasteiger partial charge in [0.25, 0.3) is 0 Å². The second-order valence-electron chi connectivity index (χ2n) is 5.43. The number of ether oxygens (including phenoxy) is 1. The highest BCUT2D eigenvalue weighted by Crippen LogP contribution is 2.27. The molecule has 1 aromatic heterocycles. The molecule has 0 spiro atoms. The number of nitrogens with one attached hydrogen (secondary N) is 3. The molecular formula is C13H23N3O3S. The van der Waals surface area contributed by atoms with Gasteiger partial charge in [-0.1, -0.05) is 6.92 Å². The van der Waals surface area contributed by atoms with Gasteiger partial charge in [0.15, 0.2) is 0 Å². The number of aromatic nitrogens is 1. The lowest BCUT2D eigenvalue weighted by molar-refractivity contribution is 0.0957. The summed E-state index contributed by atoms with van der Waals surface area (Å²) in [7, 11) is -3.53. The van der Waals surface area contributed by atoms with Crippen LogP contribution in [0.15, 0.2) is 17.2 Å². The Bertz CT molecular complexity index is 555. The summed E-state index contributed by atoms with van der Waals surface area (Å²) in [5.41, 5.74) is 0.311. The smallest absolute Gasteiger partial charge is 0.242 e. The Labute approximate surface area is 120 Å². The van der Waals surface area contributed by atoms with Crippen LogP contribution in [-0.2, 0) is 21.3 Å². The largest absolute Gasteiger partial charge is 0.376 e. The lowest BCUT2D eigenvalue weighted by Crippen LogP contribution is -2.50. The summed E-state index contributed by atoms with van der Waals surface area (Å²) in [6, 6.07) is 1.66. The van der Waals surface area contributed by atoms with Gasteiger partial charge in [0.05, 0.1) is 16.5 Å². The highest BCUT2D eigenvalue weighted by molar-refractivity contribution is 7.89. The minimum atomic E-state index is -3.53. The summed E-state index contributed by atoms with van der Waals surface area (Å²) in [5.74, 6) is 0. The lowest BCUT2D eigenvalue weighted by atomic mass is 9.97. The van der Waals surface area contributed by atoms with Crippen molar-refractivity contribution in [2.24, 2.45) is 0 Å². The molecule has 1 aliphatic rings. The number of sulfonamides is 1. The molecule has 114 valence electrons. The average molecular weight is 301 g/mol. The first kappa shape index (κ1) is 15.5. The number of aromatic amines is 1. The van der Waals surface area contributed by atoms with E-state index in [1.54, 1.807) is 6.07 Å². The molecule has 0 amide bonds. The van der Waals surface area contributed by atoms with E-state index >= 15 is 0 Å². The van der Waals surface area contributed by atoms with Gasteiger partial charge in [-0.15, -0.1) is 0 Å². The van der Waals surface area contributed by atoms with Crippen LogP contribution in [0, 0.1) is 0 Å². The molecule has 1 aliphatic heterocycles. The summed E-state index contributed by atoms with van der Waals surface area (Å²) in [6.45, 7) is 7.83. The third-order valence-electron chi connectivity index (χ3n) is 3.85. The van der Waals surface area contributed by atoms with E-state index in [-0.39, 0.29) is 11.0 Å². The van der Waals surface area contributed by atoms with E-state index in [4.69, 9.17) is 4.74 Å². The molecule has 2 rings (SSSR count). The first-order valence-corrected chi connectivity index (χ1v) is 8.39. The summed E-state index contributed by atoms with van der Waals surface area (Å²) >= 11 is 0. The molecule has 6 nitrogen and oxygen atoms in total. The number of rotatable bonds is 6. The SMILES string of the molecule is CCNCc1cc(S(=O)(=O)NC2(C)CCOC2C)c[nH]1. The van der Waals surface area contributed by atoms with Gasteiger partial charge < -0.3 is 15.0 Å². The molecule has 2 heterocycles. The normalized spacial score (nSPS) is 27.1. The Morgan fingerprint density at radius 2 is 2.30 bits per heavy atom. The van der Waals surface area contributed by atoms with Crippen molar-refractivity contribution in [3.05, 3.63) is 18.0 Å². The van der Waals surface area contributed by atoms with Crippen molar-refractivity contribution in [3.8, 4) is 0 Å². The van der Waals surface area contributed by atoms with Crippen LogP contribution in [0.25, 0.3) is 0 Å². The molecule has 0 aliphatic carbocycles. The molecule has 2 atom stereocenters. The van der Waals surface area contributed by atoms with Crippen LogP contribution in [0.1, 0.15) is 32.9 Å². The summed E-state index contributed by atoms with van der Waals surface area (Å²) in [6.07, 6.45) is 2.08. The van der Waals surface area contributed by atoms with E-state index in [9.17, 15) is 8.42 Å². The molecule has 0 aromatic carbocycles. The van der Waals surface area contributed by atoms with Gasteiger partial charge in [-0.2, -0.15) is 0 Å². The minimum Gasteiger partial charge on any atom is -0.376 e. The second-order valence-corrected chi connectivity index (χ2v) is 7.11. The predicted octanol–water partition coefficient (Wildman–Crippen LogP) is 0.970. The summed E-state index contributed by atoms with van der Waals surface area (Å²) in [5, 5.41) is 3.15. The zero-order valence-electron chi connectivity index (χ0n) is 12.2. The molecule has 7 heteroatoms. The van der Waals surface area contributed by atoms with E-state index in [1.165, 1.54) is 6.20 Å². The van der Waals surface area contributed by atoms with Crippen LogP contribution in [0.3, 0.4) is 0 Å². The lowest BCUT2D eigenvalue weighted by Gasteiger charge is -2.28. The molecule has 0 radical (unpaired) electrons. The molecule has 0 saturated carbocycles. The van der Waals surface area contributed by atoms with E-state index in [2.05, 4.69) is 15.0 Å². The van der Waals surface area contributed by atoms with Gasteiger partial charge in [0.1, 0.15) is 0 Å². The molecule has 2 unspecified atom stereocenters. The van der Waals surface area contributed by atoms with E-state index in [0.29, 0.717) is 19.6 Å². The van der Waals surface area contributed by atoms with Crippen molar-refractivity contribution in [1.29, 1.82) is 0 Å². The van der Waals surface area contributed by atoms with Crippen molar-refractivity contribution >= 4 is 10.0 Å². The fraction of sp³-hybridized carbons (Fsp3) is 0.692. The van der Waals surface area contributed by atoms with Gasteiger partial charge in [0.2, 0.25) is 10.0 Å². The monoisotopic (exact) mass is 301 g/mol. The second kappa shape index (κ2) is 5.85. The number of hydrogen-bond donors (Lipinski definition) is 3. The zero-order chi connectivity index (χ0) is 14.8. The standard InChI is InChI=1S/C13H23N3O3S/c1-4-14-8-11-7-12(9-15-11)20(17,18)16-13(3)5-6-19-10(13)2/h7,9-10,14-16H,4-6,8H2,1-3H3. The van der Waals surface area contributed by atoms with Crippen molar-refractivity contribution < 1.29 is 13.2 Å². The molecule has 0 bridgehead atoms. The molecule has 1 saturated heterocycles. The maximum absolute atomic E-state index is 12.4. The fourth-order valence-corrected chi connectivity index (χ4v) is 3.78. The maximum Gasteiger partial charge on any atom is 0.242 e. The van der Waals surface area contributed by atoms with Gasteiger partial charge in [-0.3, -0.25) is 0 Å². The van der Waals surface area contributed by atoms with Crippen LogP contribution in [0.5, 0.6) is 0 Å². The van der Waals surface area contributed by atoms with Crippen molar-refractivity contribution in [3.63, 3.8) is 0 Å². The van der Waals surface area contributed by atoms with Gasteiger partial charge in [-0.25, -0.2) is 13.1 Å². The minimum absolute atomic E-state index is 0.127. The molecule has 1 fully saturated rings. The zero-order valence-corrected chi connectivity index (χ0v) is 13.0. The highest BCUT2D eigenvalue weighted by atomic mass is 32.2. The van der Waals surface area contributed by atoms with Crippen molar-refractivity contribution in [2.45, 2.75) is 50.3 Å². The number of H-pyrrole nitrogens is 1. The quantitative estimate of drug-likeness (QED) is 0.731. The fourth-order valence-electron chi connectivity index (χ4n) is 2.27. The Kier molecular flexibility index (Phi) is 4.53. The predicted molar refractivity (Wildman–Crippen MR) is 76.9 cm³/mol. The molecule has 20 heavy (non-hydrogen) atoms. The maximum atomic E-state index is 12.4. The first-order valence-electron chi connectivity index (χ1n) is 6.91. The third-order valence-corrected chi connectivity index (χ3v) is 5.44. The van der Waals surface area contributed by atoms with Crippen LogP contribution >= 0.6 is 0 Å². The van der Waals surface area contributed by atoms with E-state index < -0.39 is 15.6 Å². The van der Waals surface area contributed by atoms with Gasteiger partial charge in [-0.05, 0) is 32.9 Å². The Morgan fingerprint density at radius 3 is 2.90 bits per heavy atom. The third kappa shape index (κ3) is 3.22. The van der Waals surface area contributed by atoms with E-state index in [1.807, 2.05) is 20.8 Å². The molecule has 1 aromatic rings. The Hall–Kier alpha value is -0.890. The molecular weight excluding hydrogens is 278 g/mol.